The lowest BCUT2D eigenvalue weighted by Crippen LogP contribution is -2.33. The maximum Gasteiger partial charge on any atom is 0.295 e. The van der Waals surface area contributed by atoms with E-state index in [1.807, 2.05) is 0 Å². The van der Waals surface area contributed by atoms with Crippen molar-refractivity contribution in [1.29, 1.82) is 0 Å². The van der Waals surface area contributed by atoms with Gasteiger partial charge in [0.05, 0.1) is 38.5 Å². The number of nitrogens with zero attached hydrogens (tertiary/aromatic N) is 1. The van der Waals surface area contributed by atoms with Crippen LogP contribution in [0.5, 0.6) is 17.2 Å². The first-order valence-corrected chi connectivity index (χ1v) is 10.6. The van der Waals surface area contributed by atoms with Gasteiger partial charge in [-0.05, 0) is 42.0 Å². The molecule has 34 heavy (non-hydrogen) atoms. The minimum absolute atomic E-state index is 0.0452. The third-order valence-electron chi connectivity index (χ3n) is 5.27. The standard InChI is InChI=1S/C25H27NO8/c1-3-12-34-18-7-4-16(5-8-18)23(29)21-22(17-6-9-19(28)20(15-17)32-2)26(25(31)24(21)30)10-13-33-14-11-27/h3-9,15,22,27-29H,1,10-14H2,2H3/t22-/m0/s1. The van der Waals surface area contributed by atoms with Crippen LogP contribution in [0.3, 0.4) is 0 Å². The van der Waals surface area contributed by atoms with E-state index < -0.39 is 17.7 Å². The van der Waals surface area contributed by atoms with Crippen LogP contribution < -0.4 is 9.47 Å². The van der Waals surface area contributed by atoms with E-state index in [0.29, 0.717) is 23.5 Å². The summed E-state index contributed by atoms with van der Waals surface area (Å²) in [6.07, 6.45) is 1.60. The van der Waals surface area contributed by atoms with Gasteiger partial charge in [-0.3, -0.25) is 9.59 Å². The second kappa shape index (κ2) is 11.4. The summed E-state index contributed by atoms with van der Waals surface area (Å²) >= 11 is 0. The summed E-state index contributed by atoms with van der Waals surface area (Å²) in [5, 5.41) is 30.0. The molecule has 2 aromatic carbocycles. The van der Waals surface area contributed by atoms with Crippen LogP contribution >= 0.6 is 0 Å². The van der Waals surface area contributed by atoms with Gasteiger partial charge in [-0.1, -0.05) is 18.7 Å². The van der Waals surface area contributed by atoms with E-state index in [4.69, 9.17) is 19.3 Å². The summed E-state index contributed by atoms with van der Waals surface area (Å²) in [7, 11) is 1.38. The van der Waals surface area contributed by atoms with E-state index in [0.717, 1.165) is 0 Å². The molecule has 9 nitrogen and oxygen atoms in total. The van der Waals surface area contributed by atoms with Crippen molar-refractivity contribution in [2.45, 2.75) is 6.04 Å². The average Bonchev–Trinajstić information content (AvgIpc) is 3.10. The number of aliphatic hydroxyl groups is 2. The Labute approximate surface area is 197 Å². The number of carbonyl (C=O) groups excluding carboxylic acids is 2. The fourth-order valence-electron chi connectivity index (χ4n) is 3.67. The van der Waals surface area contributed by atoms with Gasteiger partial charge < -0.3 is 34.4 Å². The Balaban J connectivity index is 2.05. The molecule has 0 saturated carbocycles. The average molecular weight is 469 g/mol. The van der Waals surface area contributed by atoms with Crippen molar-refractivity contribution in [3.63, 3.8) is 0 Å². The number of phenols is 1. The molecule has 1 fully saturated rings. The van der Waals surface area contributed by atoms with E-state index in [1.54, 1.807) is 36.4 Å². The number of rotatable bonds is 11. The molecule has 0 bridgehead atoms. The van der Waals surface area contributed by atoms with Crippen LogP contribution in [0.4, 0.5) is 0 Å². The highest BCUT2D eigenvalue weighted by Crippen LogP contribution is 2.41. The van der Waals surface area contributed by atoms with Crippen molar-refractivity contribution in [3.8, 4) is 17.2 Å². The molecule has 1 aliphatic heterocycles. The summed E-state index contributed by atoms with van der Waals surface area (Å²) in [5.41, 5.74) is 0.694. The van der Waals surface area contributed by atoms with Gasteiger partial charge in [-0.15, -0.1) is 0 Å². The number of aromatic hydroxyl groups is 1. The van der Waals surface area contributed by atoms with Crippen molar-refractivity contribution < 1.29 is 39.1 Å². The number of ketones is 1. The predicted molar refractivity (Wildman–Crippen MR) is 124 cm³/mol. The lowest BCUT2D eigenvalue weighted by atomic mass is 9.95. The maximum absolute atomic E-state index is 13.0. The second-order valence-corrected chi connectivity index (χ2v) is 7.38. The van der Waals surface area contributed by atoms with Gasteiger partial charge in [0.15, 0.2) is 11.5 Å². The molecule has 0 aliphatic carbocycles. The van der Waals surface area contributed by atoms with Gasteiger partial charge in [-0.25, -0.2) is 0 Å². The molecule has 0 unspecified atom stereocenters. The van der Waals surface area contributed by atoms with Crippen LogP contribution in [-0.4, -0.2) is 72.0 Å². The number of amides is 1. The van der Waals surface area contributed by atoms with Gasteiger partial charge in [0.1, 0.15) is 18.1 Å². The number of Topliss-reactive ketones (excluding diaryl/α,β-unsaturated/α-hetero) is 1. The van der Waals surface area contributed by atoms with E-state index in [1.165, 1.54) is 24.1 Å². The minimum Gasteiger partial charge on any atom is -0.507 e. The SMILES string of the molecule is C=CCOc1ccc(C(O)=C2C(=O)C(=O)N(CCOCCO)[C@H]2c2ccc(O)c(OC)c2)cc1. The largest absolute Gasteiger partial charge is 0.507 e. The van der Waals surface area contributed by atoms with Crippen molar-refractivity contribution >= 4 is 17.4 Å². The van der Waals surface area contributed by atoms with Crippen LogP contribution in [-0.2, 0) is 14.3 Å². The van der Waals surface area contributed by atoms with Gasteiger partial charge in [0.2, 0.25) is 0 Å². The number of hydrogen-bond donors (Lipinski definition) is 3. The van der Waals surface area contributed by atoms with Gasteiger partial charge in [0.25, 0.3) is 11.7 Å². The maximum atomic E-state index is 13.0. The monoisotopic (exact) mass is 469 g/mol. The van der Waals surface area contributed by atoms with Crippen molar-refractivity contribution in [3.05, 3.63) is 71.8 Å². The molecule has 1 amide bonds. The van der Waals surface area contributed by atoms with E-state index in [2.05, 4.69) is 6.58 Å². The first-order valence-electron chi connectivity index (χ1n) is 10.6. The Morgan fingerprint density at radius 1 is 1.15 bits per heavy atom. The molecule has 1 heterocycles. The normalized spacial score (nSPS) is 17.1. The van der Waals surface area contributed by atoms with Crippen LogP contribution in [0.25, 0.3) is 5.76 Å². The highest BCUT2D eigenvalue weighted by molar-refractivity contribution is 6.46. The predicted octanol–water partition coefficient (Wildman–Crippen LogP) is 2.40. The zero-order valence-electron chi connectivity index (χ0n) is 18.8. The van der Waals surface area contributed by atoms with Gasteiger partial charge in [0, 0.05) is 12.1 Å². The molecular formula is C25H27NO8. The second-order valence-electron chi connectivity index (χ2n) is 7.38. The third-order valence-corrected chi connectivity index (χ3v) is 5.27. The number of phenolic OH excluding ortho intramolecular Hbond substituents is 1. The Morgan fingerprint density at radius 2 is 1.88 bits per heavy atom. The molecule has 2 aromatic rings. The fourth-order valence-corrected chi connectivity index (χ4v) is 3.67. The number of carbonyl (C=O) groups is 2. The first-order chi connectivity index (χ1) is 16.4. The topological polar surface area (TPSA) is 126 Å². The van der Waals surface area contributed by atoms with Crippen LogP contribution in [0.2, 0.25) is 0 Å². The van der Waals surface area contributed by atoms with E-state index in [-0.39, 0.29) is 49.2 Å². The molecule has 0 aromatic heterocycles. The molecule has 1 atom stereocenters. The lowest BCUT2D eigenvalue weighted by Gasteiger charge is -2.25. The summed E-state index contributed by atoms with van der Waals surface area (Å²) in [6, 6.07) is 9.94. The Hall–Kier alpha value is -3.82. The van der Waals surface area contributed by atoms with Crippen LogP contribution in [0, 0.1) is 0 Å². The molecular weight excluding hydrogens is 442 g/mol. The first kappa shape index (κ1) is 24.8. The quantitative estimate of drug-likeness (QED) is 0.151. The van der Waals surface area contributed by atoms with Gasteiger partial charge in [-0.2, -0.15) is 0 Å². The summed E-state index contributed by atoms with van der Waals surface area (Å²) in [5.74, 6) is -1.38. The van der Waals surface area contributed by atoms with Crippen molar-refractivity contribution in [2.24, 2.45) is 0 Å². The van der Waals surface area contributed by atoms with Crippen molar-refractivity contribution in [2.75, 3.05) is 40.1 Å². The number of aliphatic hydroxyl groups excluding tert-OH is 2. The van der Waals surface area contributed by atoms with E-state index in [9.17, 15) is 19.8 Å². The Morgan fingerprint density at radius 3 is 2.53 bits per heavy atom. The Bertz CT molecular complexity index is 1080. The molecule has 9 heteroatoms. The molecule has 180 valence electrons. The molecule has 1 aliphatic rings. The van der Waals surface area contributed by atoms with E-state index >= 15 is 0 Å². The summed E-state index contributed by atoms with van der Waals surface area (Å²) in [6.45, 7) is 3.94. The van der Waals surface area contributed by atoms with Gasteiger partial charge >= 0.3 is 0 Å². The highest BCUT2D eigenvalue weighted by atomic mass is 16.5. The molecule has 0 radical (unpaired) electrons. The zero-order chi connectivity index (χ0) is 24.7. The number of hydrogen-bond acceptors (Lipinski definition) is 8. The van der Waals surface area contributed by atoms with Crippen LogP contribution in [0.15, 0.2) is 60.7 Å². The smallest absolute Gasteiger partial charge is 0.295 e. The number of ether oxygens (including phenoxy) is 3. The fraction of sp³-hybridized carbons (Fsp3) is 0.280. The summed E-state index contributed by atoms with van der Waals surface area (Å²) in [4.78, 5) is 27.2. The molecule has 1 saturated heterocycles. The molecule has 3 N–H and O–H groups in total. The third kappa shape index (κ3) is 5.22. The number of likely N-dealkylation sites (tertiary alicyclic amines) is 1. The van der Waals surface area contributed by atoms with Crippen molar-refractivity contribution in [1.82, 2.24) is 4.90 Å². The lowest BCUT2D eigenvalue weighted by molar-refractivity contribution is -0.140. The van der Waals surface area contributed by atoms with Crippen LogP contribution in [0.1, 0.15) is 17.2 Å². The minimum atomic E-state index is -0.941. The molecule has 3 rings (SSSR count). The Kier molecular flexibility index (Phi) is 8.29. The molecule has 0 spiro atoms. The summed E-state index contributed by atoms with van der Waals surface area (Å²) < 4.78 is 15.9. The zero-order valence-corrected chi connectivity index (χ0v) is 18.8. The number of benzene rings is 2. The number of methoxy groups -OCH3 is 1. The highest BCUT2D eigenvalue weighted by Gasteiger charge is 2.46.